The number of para-hydroxylation sites is 2. The molecule has 1 fully saturated rings. The van der Waals surface area contributed by atoms with Crippen molar-refractivity contribution in [1.29, 1.82) is 0 Å². The second-order valence-corrected chi connectivity index (χ2v) is 10.5. The van der Waals surface area contributed by atoms with Crippen LogP contribution in [0.4, 0.5) is 22.0 Å². The summed E-state index contributed by atoms with van der Waals surface area (Å²) in [5.41, 5.74) is 5.12. The molecule has 2 aliphatic rings. The monoisotopic (exact) mass is 531 g/mol. The van der Waals surface area contributed by atoms with Crippen LogP contribution in [0.1, 0.15) is 39.9 Å². The molecule has 5 rings (SSSR count). The van der Waals surface area contributed by atoms with Crippen LogP contribution in [0, 0.1) is 6.92 Å². The van der Waals surface area contributed by atoms with Gasteiger partial charge in [0.05, 0.1) is 30.2 Å². The van der Waals surface area contributed by atoms with Gasteiger partial charge in [0, 0.05) is 45.4 Å². The largest absolute Gasteiger partial charge is 0.371 e. The number of hydrogen-bond acceptors (Lipinski definition) is 5. The number of aryl methyl sites for hydroxylation is 2. The van der Waals surface area contributed by atoms with E-state index < -0.39 is 0 Å². The summed E-state index contributed by atoms with van der Waals surface area (Å²) in [6.07, 6.45) is 3.62. The van der Waals surface area contributed by atoms with Gasteiger partial charge in [-0.1, -0.05) is 30.4 Å². The number of carbonyl (C=O) groups is 2. The predicted octanol–water partition coefficient (Wildman–Crippen LogP) is 4.20. The summed E-state index contributed by atoms with van der Waals surface area (Å²) >= 11 is 5.54. The molecule has 0 radical (unpaired) electrons. The third-order valence-electron chi connectivity index (χ3n) is 7.30. The molecule has 1 atom stereocenters. The van der Waals surface area contributed by atoms with Crippen molar-refractivity contribution >= 4 is 46.3 Å². The zero-order valence-electron chi connectivity index (χ0n) is 22.2. The highest BCUT2D eigenvalue weighted by atomic mass is 32.1. The number of likely N-dealkylation sites (tertiary alicyclic amines) is 1. The highest BCUT2D eigenvalue weighted by Gasteiger charge is 2.32. The molecule has 3 heterocycles. The van der Waals surface area contributed by atoms with Gasteiger partial charge in [0.15, 0.2) is 0 Å². The molecule has 10 heteroatoms. The Kier molecular flexibility index (Phi) is 7.07. The lowest BCUT2D eigenvalue weighted by atomic mass is 10.0. The summed E-state index contributed by atoms with van der Waals surface area (Å²) in [6, 6.07) is 13.3. The Hall–Kier alpha value is -3.92. The number of carbonyl (C=O) groups excluding carboxylic acids is 2. The van der Waals surface area contributed by atoms with E-state index in [0.717, 1.165) is 51.7 Å². The third kappa shape index (κ3) is 4.83. The van der Waals surface area contributed by atoms with Crippen molar-refractivity contribution in [3.63, 3.8) is 0 Å². The predicted molar refractivity (Wildman–Crippen MR) is 153 cm³/mol. The van der Waals surface area contributed by atoms with Crippen LogP contribution < -0.4 is 15.5 Å². The first-order valence-electron chi connectivity index (χ1n) is 12.8. The summed E-state index contributed by atoms with van der Waals surface area (Å²) in [5.74, 6) is 0.786. The van der Waals surface area contributed by atoms with E-state index in [1.54, 1.807) is 15.8 Å². The lowest BCUT2D eigenvalue weighted by Gasteiger charge is -2.28. The van der Waals surface area contributed by atoms with E-state index in [-0.39, 0.29) is 18.0 Å². The van der Waals surface area contributed by atoms with E-state index >= 15 is 0 Å². The summed E-state index contributed by atoms with van der Waals surface area (Å²) in [4.78, 5) is 33.0. The number of amides is 3. The maximum Gasteiger partial charge on any atom is 0.318 e. The molecule has 0 saturated carbocycles. The number of benzene rings is 2. The number of rotatable bonds is 4. The van der Waals surface area contributed by atoms with Gasteiger partial charge in [0.25, 0.3) is 5.91 Å². The van der Waals surface area contributed by atoms with Crippen LogP contribution in [0.25, 0.3) is 0 Å². The number of thiocarbonyl (C=S) groups is 1. The molecule has 38 heavy (non-hydrogen) atoms. The summed E-state index contributed by atoms with van der Waals surface area (Å²) in [6.45, 7) is 3.46. The minimum absolute atomic E-state index is 0.0487. The van der Waals surface area contributed by atoms with Gasteiger partial charge in [-0.05, 0) is 55.2 Å². The fourth-order valence-corrected chi connectivity index (χ4v) is 5.40. The summed E-state index contributed by atoms with van der Waals surface area (Å²) in [5, 5.41) is 10.8. The SMILES string of the molecule is Cc1cc(C(=O)N2Cc3cnn(C)c3Nc3ccccc32)ccc1CNC(=O)N1CCC[C@H]1C(=S)N(C)C. The Morgan fingerprint density at radius 2 is 2.00 bits per heavy atom. The molecule has 1 aromatic heterocycles. The molecule has 1 saturated heterocycles. The highest BCUT2D eigenvalue weighted by molar-refractivity contribution is 7.80. The van der Waals surface area contributed by atoms with Crippen molar-refractivity contribution in [2.24, 2.45) is 7.05 Å². The molecule has 2 aromatic carbocycles. The van der Waals surface area contributed by atoms with Crippen LogP contribution >= 0.6 is 12.2 Å². The van der Waals surface area contributed by atoms with Crippen LogP contribution in [0.3, 0.4) is 0 Å². The smallest absolute Gasteiger partial charge is 0.318 e. The topological polar surface area (TPSA) is 85.7 Å². The van der Waals surface area contributed by atoms with Crippen LogP contribution in [-0.2, 0) is 20.1 Å². The second-order valence-electron chi connectivity index (χ2n) is 10.1. The van der Waals surface area contributed by atoms with Crippen molar-refractivity contribution in [3.05, 3.63) is 70.9 Å². The van der Waals surface area contributed by atoms with Crippen LogP contribution in [-0.4, -0.2) is 63.2 Å². The first-order chi connectivity index (χ1) is 18.2. The molecule has 3 aromatic rings. The van der Waals surface area contributed by atoms with Gasteiger partial charge >= 0.3 is 6.03 Å². The van der Waals surface area contributed by atoms with Gasteiger partial charge in [-0.25, -0.2) is 4.79 Å². The third-order valence-corrected chi connectivity index (χ3v) is 7.93. The number of nitrogens with one attached hydrogen (secondary N) is 2. The molecule has 0 spiro atoms. The lowest BCUT2D eigenvalue weighted by Crippen LogP contribution is -2.48. The molecule has 2 N–H and O–H groups in total. The zero-order chi connectivity index (χ0) is 27.0. The number of nitrogens with zero attached hydrogens (tertiary/aromatic N) is 5. The van der Waals surface area contributed by atoms with Crippen molar-refractivity contribution in [1.82, 2.24) is 24.9 Å². The first kappa shape index (κ1) is 25.7. The van der Waals surface area contributed by atoms with E-state index in [1.165, 1.54) is 0 Å². The average molecular weight is 532 g/mol. The van der Waals surface area contributed by atoms with Gasteiger partial charge in [-0.3, -0.25) is 9.48 Å². The van der Waals surface area contributed by atoms with Gasteiger partial charge in [0.1, 0.15) is 10.8 Å². The van der Waals surface area contributed by atoms with Crippen molar-refractivity contribution in [2.75, 3.05) is 30.9 Å². The Labute approximate surface area is 228 Å². The molecule has 198 valence electrons. The summed E-state index contributed by atoms with van der Waals surface area (Å²) < 4.78 is 1.78. The molecular weight excluding hydrogens is 498 g/mol. The number of anilines is 3. The Balaban J connectivity index is 1.31. The number of likely N-dealkylation sites (N-methyl/N-ethyl adjacent to an activating group) is 1. The molecule has 9 nitrogen and oxygen atoms in total. The Morgan fingerprint density at radius 1 is 1.21 bits per heavy atom. The molecule has 0 unspecified atom stereocenters. The zero-order valence-corrected chi connectivity index (χ0v) is 23.0. The van der Waals surface area contributed by atoms with Crippen LogP contribution in [0.2, 0.25) is 0 Å². The van der Waals surface area contributed by atoms with E-state index in [4.69, 9.17) is 12.2 Å². The normalized spacial score (nSPS) is 16.3. The molecule has 3 amide bonds. The minimum atomic E-state index is -0.114. The molecule has 0 bridgehead atoms. The average Bonchev–Trinajstić information content (AvgIpc) is 3.49. The van der Waals surface area contributed by atoms with Crippen molar-refractivity contribution < 1.29 is 9.59 Å². The number of aromatic nitrogens is 2. The first-order valence-corrected chi connectivity index (χ1v) is 13.2. The molecular formula is C28H33N7O2S. The lowest BCUT2D eigenvalue weighted by molar-refractivity contribution is 0.0985. The maximum absolute atomic E-state index is 13.8. The number of hydrogen-bond donors (Lipinski definition) is 2. The molecule has 0 aliphatic carbocycles. The Morgan fingerprint density at radius 3 is 2.76 bits per heavy atom. The van der Waals surface area contributed by atoms with E-state index in [1.807, 2.05) is 80.3 Å². The number of urea groups is 1. The van der Waals surface area contributed by atoms with Crippen LogP contribution in [0.15, 0.2) is 48.7 Å². The highest BCUT2D eigenvalue weighted by Crippen LogP contribution is 2.36. The van der Waals surface area contributed by atoms with Gasteiger partial charge < -0.3 is 25.3 Å². The van der Waals surface area contributed by atoms with E-state index in [2.05, 4.69) is 15.7 Å². The molecule has 2 aliphatic heterocycles. The minimum Gasteiger partial charge on any atom is -0.371 e. The fraction of sp³-hybridized carbons (Fsp3) is 0.357. The van der Waals surface area contributed by atoms with Crippen molar-refractivity contribution in [2.45, 2.75) is 38.9 Å². The fourth-order valence-electron chi connectivity index (χ4n) is 5.16. The van der Waals surface area contributed by atoms with Gasteiger partial charge in [-0.15, -0.1) is 0 Å². The van der Waals surface area contributed by atoms with E-state index in [0.29, 0.717) is 25.2 Å². The van der Waals surface area contributed by atoms with Gasteiger partial charge in [0.2, 0.25) is 0 Å². The second kappa shape index (κ2) is 10.4. The Bertz CT molecular complexity index is 1400. The van der Waals surface area contributed by atoms with Crippen molar-refractivity contribution in [3.8, 4) is 0 Å². The quantitative estimate of drug-likeness (QED) is 0.491. The standard InChI is InChI=1S/C28H33N7O2S/c1-18-14-19(11-12-20(18)15-29-28(37)34-13-7-10-24(34)27(38)32(2)3)26(36)35-17-21-16-30-33(4)25(21)31-22-8-5-6-9-23(22)35/h5-6,8-9,11-12,14,16,24,31H,7,10,13,15,17H2,1-4H3,(H,29,37)/t24-/m0/s1. The maximum atomic E-state index is 13.8. The van der Waals surface area contributed by atoms with Crippen LogP contribution in [0.5, 0.6) is 0 Å². The van der Waals surface area contributed by atoms with E-state index in [9.17, 15) is 9.59 Å². The van der Waals surface area contributed by atoms with Gasteiger partial charge in [-0.2, -0.15) is 5.10 Å². The summed E-state index contributed by atoms with van der Waals surface area (Å²) in [7, 11) is 5.71. The number of fused-ring (bicyclic) bond motifs is 2.